The van der Waals surface area contributed by atoms with Crippen LogP contribution >= 0.6 is 0 Å². The molecule has 0 radical (unpaired) electrons. The maximum absolute atomic E-state index is 12.1. The van der Waals surface area contributed by atoms with Crippen molar-refractivity contribution in [3.8, 4) is 0 Å². The van der Waals surface area contributed by atoms with Crippen molar-refractivity contribution in [2.45, 2.75) is 32.4 Å². The Morgan fingerprint density at radius 2 is 1.96 bits per heavy atom. The molecular weight excluding hydrogens is 288 g/mol. The molecular formula is C18H24N4O. The number of benzene rings is 1. The van der Waals surface area contributed by atoms with Crippen LogP contribution in [-0.2, 0) is 13.1 Å². The van der Waals surface area contributed by atoms with Gasteiger partial charge in [-0.15, -0.1) is 0 Å². The number of nitrogens with one attached hydrogen (secondary N) is 1. The summed E-state index contributed by atoms with van der Waals surface area (Å²) in [6.07, 6.45) is 9.00. The van der Waals surface area contributed by atoms with Crippen molar-refractivity contribution in [3.05, 3.63) is 54.1 Å². The van der Waals surface area contributed by atoms with Crippen LogP contribution in [0.5, 0.6) is 0 Å². The van der Waals surface area contributed by atoms with E-state index >= 15 is 0 Å². The van der Waals surface area contributed by atoms with E-state index in [4.69, 9.17) is 0 Å². The molecule has 122 valence electrons. The number of nitrogens with zero attached hydrogens (tertiary/aromatic N) is 3. The predicted molar refractivity (Wildman–Crippen MR) is 90.1 cm³/mol. The highest BCUT2D eigenvalue weighted by Crippen LogP contribution is 2.13. The van der Waals surface area contributed by atoms with E-state index in [2.05, 4.69) is 27.3 Å². The van der Waals surface area contributed by atoms with Gasteiger partial charge in [0.05, 0.1) is 6.33 Å². The number of aryl methyl sites for hydroxylation is 1. The molecule has 1 saturated heterocycles. The van der Waals surface area contributed by atoms with Crippen molar-refractivity contribution >= 4 is 5.91 Å². The van der Waals surface area contributed by atoms with Gasteiger partial charge in [0, 0.05) is 37.6 Å². The smallest absolute Gasteiger partial charge is 0.251 e. The number of hydrogen-bond donors (Lipinski definition) is 1. The zero-order valence-corrected chi connectivity index (χ0v) is 13.4. The SMILES string of the molecule is O=C(NCCCn1ccnc1)c1ccc(CN2CCCC2)cc1. The van der Waals surface area contributed by atoms with Crippen LogP contribution in [-0.4, -0.2) is 40.0 Å². The van der Waals surface area contributed by atoms with Crippen LogP contribution < -0.4 is 5.32 Å². The summed E-state index contributed by atoms with van der Waals surface area (Å²) < 4.78 is 2.01. The summed E-state index contributed by atoms with van der Waals surface area (Å²) in [5.74, 6) is 0.00311. The molecule has 0 aliphatic carbocycles. The molecule has 1 fully saturated rings. The molecule has 3 rings (SSSR count). The number of rotatable bonds is 7. The van der Waals surface area contributed by atoms with Crippen LogP contribution in [0.15, 0.2) is 43.0 Å². The average molecular weight is 312 g/mol. The topological polar surface area (TPSA) is 50.2 Å². The zero-order valence-electron chi connectivity index (χ0n) is 13.4. The first-order valence-electron chi connectivity index (χ1n) is 8.36. The number of aromatic nitrogens is 2. The summed E-state index contributed by atoms with van der Waals surface area (Å²) in [4.78, 5) is 18.6. The number of hydrogen-bond acceptors (Lipinski definition) is 3. The van der Waals surface area contributed by atoms with Crippen molar-refractivity contribution in [3.63, 3.8) is 0 Å². The molecule has 0 spiro atoms. The van der Waals surface area contributed by atoms with E-state index in [1.165, 1.54) is 31.5 Å². The van der Waals surface area contributed by atoms with Crippen molar-refractivity contribution < 1.29 is 4.79 Å². The Kier molecular flexibility index (Phi) is 5.42. The Balaban J connectivity index is 1.41. The fraction of sp³-hybridized carbons (Fsp3) is 0.444. The highest BCUT2D eigenvalue weighted by Gasteiger charge is 2.12. The summed E-state index contributed by atoms with van der Waals surface area (Å²) >= 11 is 0. The standard InChI is InChI=1S/C18H24N4O/c23-18(20-8-3-12-22-13-9-19-15-22)17-6-4-16(5-7-17)14-21-10-1-2-11-21/h4-7,9,13,15H,1-3,8,10-12,14H2,(H,20,23). The third-order valence-electron chi connectivity index (χ3n) is 4.26. The van der Waals surface area contributed by atoms with Gasteiger partial charge in [0.25, 0.3) is 5.91 Å². The number of imidazole rings is 1. The second kappa shape index (κ2) is 7.92. The Labute approximate surface area is 137 Å². The van der Waals surface area contributed by atoms with Gasteiger partial charge in [-0.2, -0.15) is 0 Å². The van der Waals surface area contributed by atoms with Gasteiger partial charge in [-0.3, -0.25) is 9.69 Å². The van der Waals surface area contributed by atoms with Crippen LogP contribution in [0, 0.1) is 0 Å². The minimum absolute atomic E-state index is 0.00311. The minimum atomic E-state index is 0.00311. The molecule has 1 aliphatic rings. The quantitative estimate of drug-likeness (QED) is 0.798. The van der Waals surface area contributed by atoms with Gasteiger partial charge in [0.15, 0.2) is 0 Å². The molecule has 2 heterocycles. The lowest BCUT2D eigenvalue weighted by Gasteiger charge is -2.14. The largest absolute Gasteiger partial charge is 0.352 e. The number of likely N-dealkylation sites (tertiary alicyclic amines) is 1. The molecule has 0 atom stereocenters. The molecule has 1 aromatic carbocycles. The fourth-order valence-corrected chi connectivity index (χ4v) is 2.95. The second-order valence-electron chi connectivity index (χ2n) is 6.09. The van der Waals surface area contributed by atoms with Crippen LogP contribution in [0.1, 0.15) is 35.2 Å². The van der Waals surface area contributed by atoms with Crippen molar-refractivity contribution in [2.75, 3.05) is 19.6 Å². The van der Waals surface area contributed by atoms with E-state index in [9.17, 15) is 4.79 Å². The monoisotopic (exact) mass is 312 g/mol. The van der Waals surface area contributed by atoms with E-state index in [1.807, 2.05) is 22.9 Å². The van der Waals surface area contributed by atoms with Crippen LogP contribution in [0.2, 0.25) is 0 Å². The van der Waals surface area contributed by atoms with Crippen molar-refractivity contribution in [1.82, 2.24) is 19.8 Å². The van der Waals surface area contributed by atoms with E-state index in [0.717, 1.165) is 25.1 Å². The fourth-order valence-electron chi connectivity index (χ4n) is 2.95. The van der Waals surface area contributed by atoms with Crippen LogP contribution in [0.4, 0.5) is 0 Å². The summed E-state index contributed by atoms with van der Waals surface area (Å²) in [5, 5.41) is 2.97. The highest BCUT2D eigenvalue weighted by molar-refractivity contribution is 5.94. The predicted octanol–water partition coefficient (Wildman–Crippen LogP) is 2.30. The van der Waals surface area contributed by atoms with Gasteiger partial charge < -0.3 is 9.88 Å². The molecule has 5 heteroatoms. The van der Waals surface area contributed by atoms with Gasteiger partial charge >= 0.3 is 0 Å². The van der Waals surface area contributed by atoms with Crippen LogP contribution in [0.3, 0.4) is 0 Å². The summed E-state index contributed by atoms with van der Waals surface area (Å²) in [6.45, 7) is 4.92. The summed E-state index contributed by atoms with van der Waals surface area (Å²) in [6, 6.07) is 7.99. The zero-order chi connectivity index (χ0) is 15.9. The maximum atomic E-state index is 12.1. The summed E-state index contributed by atoms with van der Waals surface area (Å²) in [5.41, 5.74) is 2.02. The Morgan fingerprint density at radius 1 is 1.17 bits per heavy atom. The minimum Gasteiger partial charge on any atom is -0.352 e. The highest BCUT2D eigenvalue weighted by atomic mass is 16.1. The molecule has 1 N–H and O–H groups in total. The number of carbonyl (C=O) groups excluding carboxylic acids is 1. The molecule has 0 unspecified atom stereocenters. The lowest BCUT2D eigenvalue weighted by Crippen LogP contribution is -2.25. The molecule has 23 heavy (non-hydrogen) atoms. The number of carbonyl (C=O) groups is 1. The Bertz CT molecular complexity index is 600. The molecule has 1 aliphatic heterocycles. The van der Waals surface area contributed by atoms with E-state index in [-0.39, 0.29) is 5.91 Å². The second-order valence-corrected chi connectivity index (χ2v) is 6.09. The Morgan fingerprint density at radius 3 is 2.65 bits per heavy atom. The first-order valence-corrected chi connectivity index (χ1v) is 8.36. The third kappa shape index (κ3) is 4.66. The van der Waals surface area contributed by atoms with Crippen molar-refractivity contribution in [2.24, 2.45) is 0 Å². The molecule has 2 aromatic rings. The van der Waals surface area contributed by atoms with E-state index in [0.29, 0.717) is 6.54 Å². The first-order chi connectivity index (χ1) is 11.3. The third-order valence-corrected chi connectivity index (χ3v) is 4.26. The molecule has 0 bridgehead atoms. The lowest BCUT2D eigenvalue weighted by atomic mass is 10.1. The van der Waals surface area contributed by atoms with Gasteiger partial charge in [-0.05, 0) is 50.0 Å². The lowest BCUT2D eigenvalue weighted by molar-refractivity contribution is 0.0952. The average Bonchev–Trinajstić information content (AvgIpc) is 3.26. The normalized spacial score (nSPS) is 15.0. The maximum Gasteiger partial charge on any atom is 0.251 e. The summed E-state index contributed by atoms with van der Waals surface area (Å²) in [7, 11) is 0. The molecule has 0 saturated carbocycles. The molecule has 1 amide bonds. The van der Waals surface area contributed by atoms with Gasteiger partial charge in [0.2, 0.25) is 0 Å². The van der Waals surface area contributed by atoms with E-state index < -0.39 is 0 Å². The van der Waals surface area contributed by atoms with E-state index in [1.54, 1.807) is 12.5 Å². The van der Waals surface area contributed by atoms with Gasteiger partial charge in [0.1, 0.15) is 0 Å². The van der Waals surface area contributed by atoms with Crippen molar-refractivity contribution in [1.29, 1.82) is 0 Å². The number of amides is 1. The van der Waals surface area contributed by atoms with Crippen LogP contribution in [0.25, 0.3) is 0 Å². The molecule has 5 nitrogen and oxygen atoms in total. The molecule has 1 aromatic heterocycles. The first kappa shape index (κ1) is 15.7. The van der Waals surface area contributed by atoms with Gasteiger partial charge in [-0.25, -0.2) is 4.98 Å². The van der Waals surface area contributed by atoms with Gasteiger partial charge in [-0.1, -0.05) is 12.1 Å². The Hall–Kier alpha value is -2.14.